The van der Waals surface area contributed by atoms with Gasteiger partial charge in [0.1, 0.15) is 0 Å². The van der Waals surface area contributed by atoms with Gasteiger partial charge in [-0.05, 0) is 54.3 Å². The van der Waals surface area contributed by atoms with E-state index in [2.05, 4.69) is 28.5 Å². The number of allylic oxidation sites excluding steroid dienone is 1. The van der Waals surface area contributed by atoms with E-state index >= 15 is 0 Å². The van der Waals surface area contributed by atoms with Crippen LogP contribution in [0.1, 0.15) is 33.7 Å². The Morgan fingerprint density at radius 2 is 1.70 bits per heavy atom. The molecule has 30 heavy (non-hydrogen) atoms. The smallest absolute Gasteiger partial charge is 0.276 e. The standard InChI is InChI=1S/C25H20N4O/c30-25(27-20-10-7-15-26-17-20)23-22-14-13-19(16-18-8-3-1-4-9-18)24(22)29(28-23)21-11-5-2-6-12-21/h1-12,15-17H,13-14H2,(H,27,30). The van der Waals surface area contributed by atoms with Gasteiger partial charge in [-0.15, -0.1) is 0 Å². The van der Waals surface area contributed by atoms with E-state index in [0.29, 0.717) is 11.4 Å². The van der Waals surface area contributed by atoms with Gasteiger partial charge in [-0.3, -0.25) is 9.78 Å². The zero-order valence-corrected chi connectivity index (χ0v) is 16.3. The van der Waals surface area contributed by atoms with Crippen LogP contribution in [0.15, 0.2) is 85.2 Å². The highest BCUT2D eigenvalue weighted by Crippen LogP contribution is 2.37. The molecule has 1 amide bonds. The minimum atomic E-state index is -0.213. The number of aromatic nitrogens is 3. The summed E-state index contributed by atoms with van der Waals surface area (Å²) in [6, 6.07) is 23.8. The average molecular weight is 392 g/mol. The van der Waals surface area contributed by atoms with Gasteiger partial charge in [-0.1, -0.05) is 48.5 Å². The number of nitrogens with zero attached hydrogens (tertiary/aromatic N) is 3. The second kappa shape index (κ2) is 7.79. The van der Waals surface area contributed by atoms with Crippen LogP contribution in [0.3, 0.4) is 0 Å². The summed E-state index contributed by atoms with van der Waals surface area (Å²) < 4.78 is 1.90. The zero-order chi connectivity index (χ0) is 20.3. The fraction of sp³-hybridized carbons (Fsp3) is 0.0800. The average Bonchev–Trinajstić information content (AvgIpc) is 3.37. The summed E-state index contributed by atoms with van der Waals surface area (Å²) in [5.74, 6) is -0.213. The lowest BCUT2D eigenvalue weighted by Crippen LogP contribution is -2.15. The van der Waals surface area contributed by atoms with Gasteiger partial charge in [-0.25, -0.2) is 4.68 Å². The maximum atomic E-state index is 13.0. The molecule has 1 aliphatic rings. The van der Waals surface area contributed by atoms with Gasteiger partial charge in [0.2, 0.25) is 0 Å². The Morgan fingerprint density at radius 3 is 2.43 bits per heavy atom. The summed E-state index contributed by atoms with van der Waals surface area (Å²) in [5.41, 5.74) is 6.40. The largest absolute Gasteiger partial charge is 0.319 e. The molecule has 5 heteroatoms. The molecule has 5 rings (SSSR count). The molecule has 0 radical (unpaired) electrons. The Bertz CT molecular complexity index is 1210. The number of anilines is 1. The lowest BCUT2D eigenvalue weighted by Gasteiger charge is -2.08. The lowest BCUT2D eigenvalue weighted by molar-refractivity contribution is 0.102. The molecule has 0 saturated carbocycles. The van der Waals surface area contributed by atoms with Crippen LogP contribution in [-0.4, -0.2) is 20.7 Å². The molecule has 0 unspecified atom stereocenters. The first-order valence-electron chi connectivity index (χ1n) is 9.94. The molecular weight excluding hydrogens is 372 g/mol. The van der Waals surface area contributed by atoms with Crippen molar-refractivity contribution >= 4 is 23.2 Å². The van der Waals surface area contributed by atoms with Gasteiger partial charge in [0.05, 0.1) is 23.3 Å². The van der Waals surface area contributed by atoms with Gasteiger partial charge in [0, 0.05) is 11.8 Å². The number of benzene rings is 2. The number of hydrogen-bond acceptors (Lipinski definition) is 3. The van der Waals surface area contributed by atoms with E-state index in [1.165, 1.54) is 5.57 Å². The minimum absolute atomic E-state index is 0.213. The highest BCUT2D eigenvalue weighted by atomic mass is 16.2. The van der Waals surface area contributed by atoms with Gasteiger partial charge < -0.3 is 5.32 Å². The number of pyridine rings is 1. The summed E-state index contributed by atoms with van der Waals surface area (Å²) in [7, 11) is 0. The van der Waals surface area contributed by atoms with Gasteiger partial charge in [0.25, 0.3) is 5.91 Å². The molecule has 1 aliphatic carbocycles. The van der Waals surface area contributed by atoms with Crippen LogP contribution in [0.2, 0.25) is 0 Å². The molecule has 2 aromatic carbocycles. The van der Waals surface area contributed by atoms with Gasteiger partial charge in [0.15, 0.2) is 5.69 Å². The molecule has 0 fully saturated rings. The fourth-order valence-corrected chi connectivity index (χ4v) is 3.85. The number of carbonyl (C=O) groups excluding carboxylic acids is 1. The van der Waals surface area contributed by atoms with Crippen LogP contribution >= 0.6 is 0 Å². The van der Waals surface area contributed by atoms with Gasteiger partial charge in [-0.2, -0.15) is 5.10 Å². The molecule has 146 valence electrons. The van der Waals surface area contributed by atoms with Crippen LogP contribution in [0, 0.1) is 0 Å². The molecule has 0 atom stereocenters. The SMILES string of the molecule is O=C(Nc1cccnc1)c1nn(-c2ccccc2)c2c1CCC2=Cc1ccccc1. The van der Waals surface area contributed by atoms with E-state index in [4.69, 9.17) is 5.10 Å². The monoisotopic (exact) mass is 392 g/mol. The highest BCUT2D eigenvalue weighted by molar-refractivity contribution is 6.05. The van der Waals surface area contributed by atoms with E-state index < -0.39 is 0 Å². The van der Waals surface area contributed by atoms with Crippen LogP contribution in [0.25, 0.3) is 17.3 Å². The minimum Gasteiger partial charge on any atom is -0.319 e. The van der Waals surface area contributed by atoms with Crippen molar-refractivity contribution in [1.29, 1.82) is 0 Å². The molecule has 0 bridgehead atoms. The van der Waals surface area contributed by atoms with Crippen molar-refractivity contribution in [3.63, 3.8) is 0 Å². The summed E-state index contributed by atoms with van der Waals surface area (Å²) in [4.78, 5) is 17.1. The van der Waals surface area contributed by atoms with Crippen molar-refractivity contribution in [2.75, 3.05) is 5.32 Å². The third-order valence-corrected chi connectivity index (χ3v) is 5.21. The summed E-state index contributed by atoms with van der Waals surface area (Å²) >= 11 is 0. The molecule has 2 heterocycles. The summed E-state index contributed by atoms with van der Waals surface area (Å²) in [5, 5.41) is 7.65. The first-order chi connectivity index (χ1) is 14.8. The molecule has 0 spiro atoms. The number of carbonyl (C=O) groups is 1. The predicted molar refractivity (Wildman–Crippen MR) is 118 cm³/mol. The molecule has 5 nitrogen and oxygen atoms in total. The van der Waals surface area contributed by atoms with Crippen LogP contribution in [0.4, 0.5) is 5.69 Å². The van der Waals surface area contributed by atoms with Crippen molar-refractivity contribution in [2.24, 2.45) is 0 Å². The number of amides is 1. The number of nitrogens with one attached hydrogen (secondary N) is 1. The third-order valence-electron chi connectivity index (χ3n) is 5.21. The molecule has 1 N–H and O–H groups in total. The predicted octanol–water partition coefficient (Wildman–Crippen LogP) is 5.01. The Labute approximate surface area is 174 Å². The second-order valence-electron chi connectivity index (χ2n) is 7.20. The Hall–Kier alpha value is -3.99. The van der Waals surface area contributed by atoms with E-state index in [9.17, 15) is 4.79 Å². The van der Waals surface area contributed by atoms with Crippen LogP contribution in [0.5, 0.6) is 0 Å². The van der Waals surface area contributed by atoms with Crippen molar-refractivity contribution in [2.45, 2.75) is 12.8 Å². The Balaban J connectivity index is 1.60. The first-order valence-corrected chi connectivity index (χ1v) is 9.94. The summed E-state index contributed by atoms with van der Waals surface area (Å²) in [6.07, 6.45) is 7.17. The van der Waals surface area contributed by atoms with E-state index in [0.717, 1.165) is 35.3 Å². The van der Waals surface area contributed by atoms with Crippen LogP contribution in [-0.2, 0) is 6.42 Å². The van der Waals surface area contributed by atoms with E-state index in [-0.39, 0.29) is 5.91 Å². The van der Waals surface area contributed by atoms with Crippen LogP contribution < -0.4 is 5.32 Å². The topological polar surface area (TPSA) is 59.8 Å². The van der Waals surface area contributed by atoms with Crippen molar-refractivity contribution in [3.05, 3.63) is 108 Å². The quantitative estimate of drug-likeness (QED) is 0.531. The molecular formula is C25H20N4O. The van der Waals surface area contributed by atoms with Crippen molar-refractivity contribution in [3.8, 4) is 5.69 Å². The maximum absolute atomic E-state index is 13.0. The number of para-hydroxylation sites is 1. The van der Waals surface area contributed by atoms with E-state index in [1.54, 1.807) is 18.5 Å². The number of fused-ring (bicyclic) bond motifs is 1. The summed E-state index contributed by atoms with van der Waals surface area (Å²) in [6.45, 7) is 0. The Kier molecular flexibility index (Phi) is 4.69. The molecule has 2 aromatic heterocycles. The molecule has 0 aliphatic heterocycles. The van der Waals surface area contributed by atoms with Crippen molar-refractivity contribution < 1.29 is 4.79 Å². The number of hydrogen-bond donors (Lipinski definition) is 1. The molecule has 4 aromatic rings. The lowest BCUT2D eigenvalue weighted by atomic mass is 10.1. The third kappa shape index (κ3) is 3.42. The fourth-order valence-electron chi connectivity index (χ4n) is 3.85. The normalized spacial score (nSPS) is 13.9. The Morgan fingerprint density at radius 1 is 0.933 bits per heavy atom. The zero-order valence-electron chi connectivity index (χ0n) is 16.3. The van der Waals surface area contributed by atoms with Gasteiger partial charge >= 0.3 is 0 Å². The second-order valence-corrected chi connectivity index (χ2v) is 7.20. The highest BCUT2D eigenvalue weighted by Gasteiger charge is 2.30. The molecule has 0 saturated heterocycles. The van der Waals surface area contributed by atoms with E-state index in [1.807, 2.05) is 59.3 Å². The van der Waals surface area contributed by atoms with Crippen molar-refractivity contribution in [1.82, 2.24) is 14.8 Å². The first kappa shape index (κ1) is 18.1. The maximum Gasteiger partial charge on any atom is 0.276 e. The number of rotatable bonds is 4.